The lowest BCUT2D eigenvalue weighted by atomic mass is 9.87. The number of aliphatic carboxylic acids is 1. The molecule has 3 atom stereocenters. The van der Waals surface area contributed by atoms with Gasteiger partial charge in [-0.2, -0.15) is 0 Å². The average Bonchev–Trinajstić information content (AvgIpc) is 2.74. The van der Waals surface area contributed by atoms with Crippen molar-refractivity contribution in [3.8, 4) is 0 Å². The summed E-state index contributed by atoms with van der Waals surface area (Å²) in [6.07, 6.45) is 11.7. The monoisotopic (exact) mass is 281 g/mol. The Morgan fingerprint density at radius 3 is 2.95 bits per heavy atom. The van der Waals surface area contributed by atoms with Gasteiger partial charge in [0.15, 0.2) is 0 Å². The van der Waals surface area contributed by atoms with Crippen molar-refractivity contribution in [1.29, 1.82) is 0 Å². The minimum Gasteiger partial charge on any atom is -0.480 e. The van der Waals surface area contributed by atoms with Crippen LogP contribution in [-0.4, -0.2) is 28.8 Å². The van der Waals surface area contributed by atoms with Crippen molar-refractivity contribution in [3.05, 3.63) is 11.6 Å². The molecule has 1 aliphatic heterocycles. The van der Waals surface area contributed by atoms with Crippen molar-refractivity contribution >= 4 is 5.97 Å². The van der Waals surface area contributed by atoms with Crippen LogP contribution < -0.4 is 5.73 Å². The normalized spacial score (nSPS) is 31.9. The summed E-state index contributed by atoms with van der Waals surface area (Å²) < 4.78 is 6.22. The highest BCUT2D eigenvalue weighted by Gasteiger charge is 2.46. The highest BCUT2D eigenvalue weighted by Crippen LogP contribution is 2.40. The van der Waals surface area contributed by atoms with Crippen molar-refractivity contribution in [1.82, 2.24) is 0 Å². The summed E-state index contributed by atoms with van der Waals surface area (Å²) in [6, 6.07) is -0.963. The number of nitrogens with two attached hydrogens (primary N) is 1. The fourth-order valence-electron chi connectivity index (χ4n) is 3.38. The number of carboxylic acid groups (broad SMARTS) is 1. The molecule has 1 fully saturated rings. The number of carbonyl (C=O) groups is 1. The van der Waals surface area contributed by atoms with Crippen molar-refractivity contribution in [2.24, 2.45) is 5.73 Å². The van der Waals surface area contributed by atoms with E-state index in [1.807, 2.05) is 0 Å². The molecular formula is C16H27NO3. The summed E-state index contributed by atoms with van der Waals surface area (Å²) in [4.78, 5) is 11.4. The molecule has 0 spiro atoms. The van der Waals surface area contributed by atoms with E-state index in [0.717, 1.165) is 32.1 Å². The highest BCUT2D eigenvalue weighted by molar-refractivity contribution is 5.75. The summed E-state index contributed by atoms with van der Waals surface area (Å²) in [5, 5.41) is 9.32. The summed E-state index contributed by atoms with van der Waals surface area (Å²) in [6.45, 7) is 2.10. The van der Waals surface area contributed by atoms with Crippen LogP contribution >= 0.6 is 0 Å². The van der Waals surface area contributed by atoms with E-state index in [1.165, 1.54) is 24.8 Å². The van der Waals surface area contributed by atoms with Gasteiger partial charge in [0.1, 0.15) is 11.6 Å². The van der Waals surface area contributed by atoms with Crippen molar-refractivity contribution < 1.29 is 14.6 Å². The van der Waals surface area contributed by atoms with Gasteiger partial charge < -0.3 is 15.6 Å². The Balaban J connectivity index is 2.21. The minimum absolute atomic E-state index is 0.0950. The van der Waals surface area contributed by atoms with Gasteiger partial charge in [0.05, 0.1) is 6.10 Å². The molecule has 4 nitrogen and oxygen atoms in total. The maximum absolute atomic E-state index is 11.4. The van der Waals surface area contributed by atoms with Gasteiger partial charge in [-0.1, -0.05) is 39.0 Å². The molecule has 0 amide bonds. The van der Waals surface area contributed by atoms with Crippen LogP contribution in [0.3, 0.4) is 0 Å². The molecule has 2 aliphatic rings. The molecule has 0 aromatic rings. The van der Waals surface area contributed by atoms with Gasteiger partial charge >= 0.3 is 5.97 Å². The van der Waals surface area contributed by atoms with Crippen LogP contribution in [0.5, 0.6) is 0 Å². The molecular weight excluding hydrogens is 254 g/mol. The summed E-state index contributed by atoms with van der Waals surface area (Å²) >= 11 is 0. The number of hydrogen-bond donors (Lipinski definition) is 2. The summed E-state index contributed by atoms with van der Waals surface area (Å²) in [5.41, 5.74) is 6.46. The quantitative estimate of drug-likeness (QED) is 0.760. The van der Waals surface area contributed by atoms with E-state index >= 15 is 0 Å². The second-order valence-corrected chi connectivity index (χ2v) is 6.15. The Labute approximate surface area is 121 Å². The van der Waals surface area contributed by atoms with Crippen LogP contribution in [0.15, 0.2) is 11.6 Å². The first-order valence-corrected chi connectivity index (χ1v) is 7.97. The lowest BCUT2D eigenvalue weighted by Crippen LogP contribution is -2.52. The molecule has 0 radical (unpaired) electrons. The zero-order valence-corrected chi connectivity index (χ0v) is 12.4. The third kappa shape index (κ3) is 3.23. The topological polar surface area (TPSA) is 72.6 Å². The van der Waals surface area contributed by atoms with E-state index in [0.29, 0.717) is 6.42 Å². The van der Waals surface area contributed by atoms with E-state index < -0.39 is 17.6 Å². The van der Waals surface area contributed by atoms with Gasteiger partial charge in [-0.3, -0.25) is 4.79 Å². The Morgan fingerprint density at radius 2 is 2.25 bits per heavy atom. The van der Waals surface area contributed by atoms with E-state index in [2.05, 4.69) is 13.0 Å². The molecule has 0 saturated heterocycles. The maximum atomic E-state index is 11.4. The smallest absolute Gasteiger partial charge is 0.323 e. The van der Waals surface area contributed by atoms with Gasteiger partial charge in [0.25, 0.3) is 0 Å². The Hall–Kier alpha value is -0.870. The predicted octanol–water partition coefficient (Wildman–Crippen LogP) is 3.01. The lowest BCUT2D eigenvalue weighted by Gasteiger charge is -2.32. The van der Waals surface area contributed by atoms with Gasteiger partial charge in [0, 0.05) is 0 Å². The van der Waals surface area contributed by atoms with E-state index in [4.69, 9.17) is 10.5 Å². The van der Waals surface area contributed by atoms with Crippen LogP contribution in [0, 0.1) is 0 Å². The minimum atomic E-state index is -0.966. The molecule has 114 valence electrons. The van der Waals surface area contributed by atoms with Crippen LogP contribution in [0.2, 0.25) is 0 Å². The number of carboxylic acids is 1. The Bertz CT molecular complexity index is 380. The molecule has 1 saturated carbocycles. The van der Waals surface area contributed by atoms with Crippen LogP contribution in [0.1, 0.15) is 64.7 Å². The largest absolute Gasteiger partial charge is 0.480 e. The first kappa shape index (κ1) is 15.5. The third-order valence-electron chi connectivity index (χ3n) is 4.60. The maximum Gasteiger partial charge on any atom is 0.323 e. The van der Waals surface area contributed by atoms with E-state index in [1.54, 1.807) is 0 Å². The van der Waals surface area contributed by atoms with E-state index in [-0.39, 0.29) is 6.10 Å². The molecule has 2 unspecified atom stereocenters. The standard InChI is InChI=1S/C16H27NO3/c1-2-3-10-16(14(17)15(18)19)11-12-8-6-4-5-7-9-13(12)20-16/h11,13-14H,2-10,17H2,1H3,(H,18,19)/t13?,14-,16?/m0/s1. The van der Waals surface area contributed by atoms with Crippen LogP contribution in [0.4, 0.5) is 0 Å². The van der Waals surface area contributed by atoms with Gasteiger partial charge in [-0.15, -0.1) is 0 Å². The van der Waals surface area contributed by atoms with Gasteiger partial charge in [0.2, 0.25) is 0 Å². The van der Waals surface area contributed by atoms with Crippen LogP contribution in [0.25, 0.3) is 0 Å². The zero-order chi connectivity index (χ0) is 14.6. The summed E-state index contributed by atoms with van der Waals surface area (Å²) in [7, 11) is 0. The van der Waals surface area contributed by atoms with Crippen LogP contribution in [-0.2, 0) is 9.53 Å². The molecule has 1 aliphatic carbocycles. The first-order valence-electron chi connectivity index (χ1n) is 7.97. The zero-order valence-electron chi connectivity index (χ0n) is 12.4. The fourth-order valence-corrected chi connectivity index (χ4v) is 3.38. The number of ether oxygens (including phenoxy) is 1. The second-order valence-electron chi connectivity index (χ2n) is 6.15. The fraction of sp³-hybridized carbons (Fsp3) is 0.812. The van der Waals surface area contributed by atoms with Crippen molar-refractivity contribution in [2.45, 2.75) is 82.5 Å². The van der Waals surface area contributed by atoms with Gasteiger partial charge in [-0.05, 0) is 37.3 Å². The molecule has 0 aromatic heterocycles. The number of unbranched alkanes of at least 4 members (excludes halogenated alkanes) is 1. The Kier molecular flexibility index (Phi) is 5.22. The molecule has 0 aromatic carbocycles. The predicted molar refractivity (Wildman–Crippen MR) is 78.5 cm³/mol. The molecule has 4 heteroatoms. The molecule has 3 N–H and O–H groups in total. The number of hydrogen-bond acceptors (Lipinski definition) is 3. The molecule has 1 heterocycles. The Morgan fingerprint density at radius 1 is 1.50 bits per heavy atom. The van der Waals surface area contributed by atoms with Crippen molar-refractivity contribution in [3.63, 3.8) is 0 Å². The first-order chi connectivity index (χ1) is 9.59. The molecule has 0 bridgehead atoms. The van der Waals surface area contributed by atoms with Crippen molar-refractivity contribution in [2.75, 3.05) is 0 Å². The number of fused-ring (bicyclic) bond motifs is 1. The highest BCUT2D eigenvalue weighted by atomic mass is 16.5. The lowest BCUT2D eigenvalue weighted by molar-refractivity contribution is -0.147. The molecule has 2 rings (SSSR count). The SMILES string of the molecule is CCCCC1([C@@H](N)C(=O)O)C=C2CCCCCCC2O1. The average molecular weight is 281 g/mol. The van der Waals surface area contributed by atoms with E-state index in [9.17, 15) is 9.90 Å². The second kappa shape index (κ2) is 6.72. The molecule has 20 heavy (non-hydrogen) atoms. The van der Waals surface area contributed by atoms with Gasteiger partial charge in [-0.25, -0.2) is 0 Å². The summed E-state index contributed by atoms with van der Waals surface area (Å²) in [5.74, 6) is -0.966. The number of rotatable bonds is 5. The third-order valence-corrected chi connectivity index (χ3v) is 4.60.